The van der Waals surface area contributed by atoms with Gasteiger partial charge in [-0.05, 0) is 13.8 Å². The van der Waals surface area contributed by atoms with Crippen molar-refractivity contribution in [2.45, 2.75) is 71.4 Å². The second-order valence-corrected chi connectivity index (χ2v) is 5.88. The number of carbonyl (C=O) groups excluding carboxylic acids is 4. The molecule has 6 atom stereocenters. The van der Waals surface area contributed by atoms with Crippen molar-refractivity contribution in [3.05, 3.63) is 0 Å². The number of hydrogen-bond donors (Lipinski definition) is 1. The van der Waals surface area contributed by atoms with E-state index >= 15 is 0 Å². The molecule has 1 fully saturated rings. The van der Waals surface area contributed by atoms with Gasteiger partial charge in [-0.25, -0.2) is 0 Å². The van der Waals surface area contributed by atoms with E-state index in [1.807, 2.05) is 0 Å². The molecule has 0 radical (unpaired) electrons. The van der Waals surface area contributed by atoms with E-state index in [9.17, 15) is 19.2 Å². The molecule has 0 aromatic heterocycles. The molecular formula is C16H25NO9. The van der Waals surface area contributed by atoms with Gasteiger partial charge in [-0.1, -0.05) is 0 Å². The molecule has 1 aliphatic rings. The van der Waals surface area contributed by atoms with Gasteiger partial charge < -0.3 is 29.0 Å². The van der Waals surface area contributed by atoms with Crippen LogP contribution in [0.15, 0.2) is 0 Å². The molecule has 1 saturated heterocycles. The third-order valence-corrected chi connectivity index (χ3v) is 3.66. The normalized spacial score (nSPS) is 29.2. The minimum atomic E-state index is -1.09. The van der Waals surface area contributed by atoms with Gasteiger partial charge in [0.05, 0.1) is 12.1 Å². The molecule has 1 heterocycles. The van der Waals surface area contributed by atoms with Gasteiger partial charge in [0, 0.05) is 27.9 Å². The number of carbonyl (C=O) groups is 4. The van der Waals surface area contributed by atoms with Gasteiger partial charge in [0.1, 0.15) is 0 Å². The molecule has 0 spiro atoms. The maximum atomic E-state index is 12.3. The van der Waals surface area contributed by atoms with Crippen LogP contribution in [0.2, 0.25) is 0 Å². The fraction of sp³-hybridized carbons (Fsp3) is 0.750. The zero-order valence-corrected chi connectivity index (χ0v) is 15.6. The number of nitrogens with one attached hydrogen (secondary N) is 1. The lowest BCUT2D eigenvalue weighted by atomic mass is 9.96. The minimum Gasteiger partial charge on any atom is -0.456 e. The van der Waals surface area contributed by atoms with Gasteiger partial charge in [-0.3, -0.25) is 19.2 Å². The van der Waals surface area contributed by atoms with Crippen LogP contribution in [0.5, 0.6) is 0 Å². The van der Waals surface area contributed by atoms with Crippen LogP contribution in [-0.4, -0.2) is 67.7 Å². The molecule has 0 aromatic rings. The Kier molecular flexibility index (Phi) is 7.97. The molecule has 148 valence electrons. The van der Waals surface area contributed by atoms with Gasteiger partial charge in [0.25, 0.3) is 5.91 Å². The first kappa shape index (κ1) is 21.8. The molecule has 1 N–H and O–H groups in total. The van der Waals surface area contributed by atoms with Crippen molar-refractivity contribution >= 4 is 23.8 Å². The summed E-state index contributed by atoms with van der Waals surface area (Å²) in [7, 11) is 1.35. The first-order valence-electron chi connectivity index (χ1n) is 8.07. The summed E-state index contributed by atoms with van der Waals surface area (Å²) in [5, 5.41) is 2.61. The molecule has 26 heavy (non-hydrogen) atoms. The van der Waals surface area contributed by atoms with E-state index in [4.69, 9.17) is 23.7 Å². The van der Waals surface area contributed by atoms with Crippen LogP contribution in [0.4, 0.5) is 0 Å². The van der Waals surface area contributed by atoms with Crippen molar-refractivity contribution in [1.29, 1.82) is 0 Å². The summed E-state index contributed by atoms with van der Waals surface area (Å²) in [6.07, 6.45) is -4.85. The standard InChI is InChI=1S/C16H25NO9/c1-7-12(17-15(21)8(2)23-9(3)18)13(25-10(4)19)14(26-11(5)20)16(22-6)24-7/h7-8,12-14,16H,1-6H3,(H,17,21)/t7-,8-,12-,13+,14+,16+/m1/s1. The zero-order valence-electron chi connectivity index (χ0n) is 15.6. The van der Waals surface area contributed by atoms with Crippen molar-refractivity contribution in [3.63, 3.8) is 0 Å². The highest BCUT2D eigenvalue weighted by Gasteiger charge is 2.49. The third kappa shape index (κ3) is 5.95. The molecule has 1 amide bonds. The molecule has 1 rings (SSSR count). The van der Waals surface area contributed by atoms with Gasteiger partial charge >= 0.3 is 17.9 Å². The van der Waals surface area contributed by atoms with Crippen molar-refractivity contribution in [2.75, 3.05) is 7.11 Å². The van der Waals surface area contributed by atoms with Crippen LogP contribution >= 0.6 is 0 Å². The fourth-order valence-corrected chi connectivity index (χ4v) is 2.62. The van der Waals surface area contributed by atoms with E-state index < -0.39 is 60.6 Å². The summed E-state index contributed by atoms with van der Waals surface area (Å²) in [5.74, 6) is -2.50. The summed E-state index contributed by atoms with van der Waals surface area (Å²) < 4.78 is 26.1. The third-order valence-electron chi connectivity index (χ3n) is 3.66. The maximum Gasteiger partial charge on any atom is 0.303 e. The van der Waals surface area contributed by atoms with E-state index in [-0.39, 0.29) is 0 Å². The lowest BCUT2D eigenvalue weighted by molar-refractivity contribution is -0.272. The van der Waals surface area contributed by atoms with Crippen LogP contribution in [0.3, 0.4) is 0 Å². The van der Waals surface area contributed by atoms with Gasteiger partial charge in [-0.2, -0.15) is 0 Å². The highest BCUT2D eigenvalue weighted by atomic mass is 16.7. The van der Waals surface area contributed by atoms with Gasteiger partial charge in [0.15, 0.2) is 24.6 Å². The molecule has 0 aliphatic carbocycles. The lowest BCUT2D eigenvalue weighted by Gasteiger charge is -2.44. The summed E-state index contributed by atoms with van der Waals surface area (Å²) >= 11 is 0. The largest absolute Gasteiger partial charge is 0.456 e. The highest BCUT2D eigenvalue weighted by molar-refractivity contribution is 5.83. The topological polar surface area (TPSA) is 126 Å². The Morgan fingerprint density at radius 3 is 1.96 bits per heavy atom. The predicted octanol–water partition coefficient (Wildman–Crippen LogP) is -0.323. The van der Waals surface area contributed by atoms with E-state index in [0.717, 1.165) is 0 Å². The van der Waals surface area contributed by atoms with Crippen LogP contribution in [0, 0.1) is 0 Å². The lowest BCUT2D eigenvalue weighted by Crippen LogP contribution is -2.65. The van der Waals surface area contributed by atoms with E-state index in [0.29, 0.717) is 0 Å². The summed E-state index contributed by atoms with van der Waals surface area (Å²) in [5.41, 5.74) is 0. The average molecular weight is 375 g/mol. The fourth-order valence-electron chi connectivity index (χ4n) is 2.62. The predicted molar refractivity (Wildman–Crippen MR) is 85.6 cm³/mol. The Bertz CT molecular complexity index is 550. The molecule has 0 aromatic carbocycles. The van der Waals surface area contributed by atoms with Gasteiger partial charge in [-0.15, -0.1) is 0 Å². The molecule has 10 nitrogen and oxygen atoms in total. The molecule has 10 heteroatoms. The molecule has 0 unspecified atom stereocenters. The first-order chi connectivity index (χ1) is 12.1. The zero-order chi connectivity index (χ0) is 20.0. The van der Waals surface area contributed by atoms with Crippen LogP contribution in [0.25, 0.3) is 0 Å². The second kappa shape index (κ2) is 9.48. The van der Waals surface area contributed by atoms with Crippen LogP contribution in [0.1, 0.15) is 34.6 Å². The monoisotopic (exact) mass is 375 g/mol. The van der Waals surface area contributed by atoms with Crippen LogP contribution < -0.4 is 5.32 Å². The first-order valence-corrected chi connectivity index (χ1v) is 8.07. The second-order valence-electron chi connectivity index (χ2n) is 5.88. The number of ether oxygens (including phenoxy) is 5. The van der Waals surface area contributed by atoms with Crippen molar-refractivity contribution in [1.82, 2.24) is 5.32 Å². The molecule has 0 saturated carbocycles. The number of amides is 1. The number of esters is 3. The number of hydrogen-bond acceptors (Lipinski definition) is 9. The summed E-state index contributed by atoms with van der Waals surface area (Å²) in [6.45, 7) is 6.58. The number of rotatable bonds is 6. The smallest absolute Gasteiger partial charge is 0.303 e. The summed E-state index contributed by atoms with van der Waals surface area (Å²) in [4.78, 5) is 46.2. The quantitative estimate of drug-likeness (QED) is 0.491. The van der Waals surface area contributed by atoms with Crippen molar-refractivity contribution < 1.29 is 42.9 Å². The molecular weight excluding hydrogens is 350 g/mol. The Morgan fingerprint density at radius 2 is 1.50 bits per heavy atom. The Morgan fingerprint density at radius 1 is 0.962 bits per heavy atom. The Hall–Kier alpha value is -2.20. The van der Waals surface area contributed by atoms with Crippen molar-refractivity contribution in [3.8, 4) is 0 Å². The molecule has 1 aliphatic heterocycles. The SMILES string of the molecule is CO[C@H]1O[C@H](C)[C@@H](NC(=O)[C@@H](C)OC(C)=O)[C@H](OC(C)=O)[C@@H]1OC(C)=O. The van der Waals surface area contributed by atoms with E-state index in [1.54, 1.807) is 6.92 Å². The highest BCUT2D eigenvalue weighted by Crippen LogP contribution is 2.27. The Labute approximate surface area is 151 Å². The van der Waals surface area contributed by atoms with Gasteiger partial charge in [0.2, 0.25) is 0 Å². The summed E-state index contributed by atoms with van der Waals surface area (Å²) in [6, 6.07) is -0.861. The van der Waals surface area contributed by atoms with E-state index in [2.05, 4.69) is 5.32 Å². The maximum absolute atomic E-state index is 12.3. The molecule has 0 bridgehead atoms. The average Bonchev–Trinajstić information content (AvgIpc) is 2.51. The van der Waals surface area contributed by atoms with E-state index in [1.165, 1.54) is 34.8 Å². The van der Waals surface area contributed by atoms with Crippen molar-refractivity contribution in [2.24, 2.45) is 0 Å². The minimum absolute atomic E-state index is 0.616. The number of methoxy groups -OCH3 is 1. The Balaban J connectivity index is 3.07. The van der Waals surface area contributed by atoms with Crippen LogP contribution in [-0.2, 0) is 42.9 Å².